The van der Waals surface area contributed by atoms with Crippen LogP contribution in [0.5, 0.6) is 0 Å². The van der Waals surface area contributed by atoms with Crippen LogP contribution < -0.4 is 10.6 Å². The van der Waals surface area contributed by atoms with Crippen LogP contribution in [0, 0.1) is 10.1 Å². The topological polar surface area (TPSA) is 104 Å². The molecule has 26 heavy (non-hydrogen) atoms. The molecule has 0 aliphatic heterocycles. The van der Waals surface area contributed by atoms with E-state index in [1.165, 1.54) is 24.3 Å². The Kier molecular flexibility index (Phi) is 5.78. The summed E-state index contributed by atoms with van der Waals surface area (Å²) in [6.07, 6.45) is -5.89. The zero-order chi connectivity index (χ0) is 19.3. The first kappa shape index (κ1) is 19.2. The molecule has 2 rings (SSSR count). The minimum atomic E-state index is -4.54. The normalized spacial score (nSPS) is 12.3. The Morgan fingerprint density at radius 1 is 1.19 bits per heavy atom. The first-order chi connectivity index (χ1) is 12.2. The number of carbonyl (C=O) groups excluding carboxylic acids is 1. The third-order valence-corrected chi connectivity index (χ3v) is 3.37. The quantitative estimate of drug-likeness (QED) is 0.554. The monoisotopic (exact) mass is 369 g/mol. The molecule has 7 nitrogen and oxygen atoms in total. The fourth-order valence-corrected chi connectivity index (χ4v) is 2.10. The SMILES string of the molecule is O=C(NCC(O)c1cccc(C(F)(F)F)c1)Nc1cccc([N+](=O)[O-])c1. The molecule has 0 aromatic heterocycles. The molecule has 10 heteroatoms. The largest absolute Gasteiger partial charge is 0.416 e. The van der Waals surface area contributed by atoms with E-state index in [2.05, 4.69) is 10.6 Å². The minimum absolute atomic E-state index is 0.00419. The van der Waals surface area contributed by atoms with Crippen molar-refractivity contribution in [3.05, 3.63) is 69.8 Å². The highest BCUT2D eigenvalue weighted by molar-refractivity contribution is 5.89. The molecule has 1 atom stereocenters. The van der Waals surface area contributed by atoms with Gasteiger partial charge in [0.05, 0.1) is 16.6 Å². The van der Waals surface area contributed by atoms with Crippen molar-refractivity contribution in [2.75, 3.05) is 11.9 Å². The molecule has 2 aromatic rings. The predicted octanol–water partition coefficient (Wildman–Crippen LogP) is 3.47. The number of non-ortho nitro benzene ring substituents is 1. The summed E-state index contributed by atoms with van der Waals surface area (Å²) < 4.78 is 38.0. The number of amides is 2. The molecule has 0 spiro atoms. The van der Waals surface area contributed by atoms with E-state index in [-0.39, 0.29) is 23.5 Å². The highest BCUT2D eigenvalue weighted by Gasteiger charge is 2.30. The molecule has 0 aliphatic rings. The van der Waals surface area contributed by atoms with Crippen LogP contribution in [-0.4, -0.2) is 22.6 Å². The number of nitro benzene ring substituents is 1. The van der Waals surface area contributed by atoms with Gasteiger partial charge in [-0.3, -0.25) is 10.1 Å². The number of urea groups is 1. The van der Waals surface area contributed by atoms with Crippen molar-refractivity contribution in [3.63, 3.8) is 0 Å². The van der Waals surface area contributed by atoms with Crippen molar-refractivity contribution in [1.82, 2.24) is 5.32 Å². The van der Waals surface area contributed by atoms with Crippen LogP contribution in [0.4, 0.5) is 29.3 Å². The average molecular weight is 369 g/mol. The van der Waals surface area contributed by atoms with E-state index in [1.807, 2.05) is 0 Å². The Balaban J connectivity index is 1.95. The molecule has 0 heterocycles. The van der Waals surface area contributed by atoms with E-state index in [9.17, 15) is 33.2 Å². The molecule has 2 aromatic carbocycles. The first-order valence-electron chi connectivity index (χ1n) is 7.31. The lowest BCUT2D eigenvalue weighted by Crippen LogP contribution is -2.32. The van der Waals surface area contributed by atoms with Crippen molar-refractivity contribution in [2.45, 2.75) is 12.3 Å². The van der Waals surface area contributed by atoms with Gasteiger partial charge in [-0.25, -0.2) is 4.79 Å². The standard InChI is InChI=1S/C16H14F3N3O4/c17-16(18,19)11-4-1-3-10(7-11)14(23)9-20-15(24)21-12-5-2-6-13(8-12)22(25)26/h1-8,14,23H,9H2,(H2,20,21,24). The third kappa shape index (κ3) is 5.18. The van der Waals surface area contributed by atoms with E-state index in [0.717, 1.165) is 24.3 Å². The number of alkyl halides is 3. The van der Waals surface area contributed by atoms with Gasteiger partial charge in [0, 0.05) is 24.4 Å². The number of aliphatic hydroxyl groups is 1. The van der Waals surface area contributed by atoms with Crippen LogP contribution in [0.15, 0.2) is 48.5 Å². The Bertz CT molecular complexity index is 811. The van der Waals surface area contributed by atoms with E-state index in [4.69, 9.17) is 0 Å². The number of hydrogen-bond donors (Lipinski definition) is 3. The summed E-state index contributed by atoms with van der Waals surface area (Å²) in [5, 5.41) is 25.2. The Morgan fingerprint density at radius 3 is 2.54 bits per heavy atom. The summed E-state index contributed by atoms with van der Waals surface area (Å²) in [5.74, 6) is 0. The maximum absolute atomic E-state index is 12.7. The lowest BCUT2D eigenvalue weighted by molar-refractivity contribution is -0.384. The second-order valence-corrected chi connectivity index (χ2v) is 5.28. The maximum atomic E-state index is 12.7. The number of anilines is 1. The van der Waals surface area contributed by atoms with Crippen LogP contribution in [0.1, 0.15) is 17.2 Å². The van der Waals surface area contributed by atoms with Crippen molar-refractivity contribution in [2.24, 2.45) is 0 Å². The average Bonchev–Trinajstić information content (AvgIpc) is 2.59. The number of hydrogen-bond acceptors (Lipinski definition) is 4. The molecule has 1 unspecified atom stereocenters. The first-order valence-corrected chi connectivity index (χ1v) is 7.31. The number of rotatable bonds is 5. The second-order valence-electron chi connectivity index (χ2n) is 5.28. The fraction of sp³-hybridized carbons (Fsp3) is 0.188. The highest BCUT2D eigenvalue weighted by Crippen LogP contribution is 2.30. The van der Waals surface area contributed by atoms with Gasteiger partial charge in [0.15, 0.2) is 0 Å². The van der Waals surface area contributed by atoms with E-state index >= 15 is 0 Å². The molecular weight excluding hydrogens is 355 g/mol. The van der Waals surface area contributed by atoms with Crippen LogP contribution in [0.25, 0.3) is 0 Å². The highest BCUT2D eigenvalue weighted by atomic mass is 19.4. The van der Waals surface area contributed by atoms with Gasteiger partial charge >= 0.3 is 12.2 Å². The zero-order valence-corrected chi connectivity index (χ0v) is 13.2. The molecule has 0 saturated carbocycles. The van der Waals surface area contributed by atoms with Crippen LogP contribution in [0.3, 0.4) is 0 Å². The number of halogens is 3. The van der Waals surface area contributed by atoms with E-state index < -0.39 is 28.8 Å². The summed E-state index contributed by atoms with van der Waals surface area (Å²) >= 11 is 0. The van der Waals surface area contributed by atoms with E-state index in [1.54, 1.807) is 0 Å². The molecular formula is C16H14F3N3O4. The summed E-state index contributed by atoms with van der Waals surface area (Å²) in [5.41, 5.74) is -0.970. The van der Waals surface area contributed by atoms with Crippen molar-refractivity contribution < 1.29 is 28.0 Å². The number of carbonyl (C=O) groups is 1. The van der Waals surface area contributed by atoms with Crippen molar-refractivity contribution in [3.8, 4) is 0 Å². The van der Waals surface area contributed by atoms with E-state index in [0.29, 0.717) is 0 Å². The van der Waals surface area contributed by atoms with Crippen LogP contribution in [0.2, 0.25) is 0 Å². The lowest BCUT2D eigenvalue weighted by Gasteiger charge is -2.15. The fourth-order valence-electron chi connectivity index (χ4n) is 2.10. The second kappa shape index (κ2) is 7.83. The van der Waals surface area contributed by atoms with Crippen LogP contribution in [-0.2, 0) is 6.18 Å². The molecule has 3 N–H and O–H groups in total. The Morgan fingerprint density at radius 2 is 1.88 bits per heavy atom. The summed E-state index contributed by atoms with van der Waals surface area (Å²) in [6, 6.07) is 8.56. The van der Waals surface area contributed by atoms with Gasteiger partial charge in [0.25, 0.3) is 5.69 Å². The van der Waals surface area contributed by atoms with Gasteiger partial charge in [-0.1, -0.05) is 18.2 Å². The molecule has 0 fully saturated rings. The molecule has 138 valence electrons. The smallest absolute Gasteiger partial charge is 0.387 e. The maximum Gasteiger partial charge on any atom is 0.416 e. The zero-order valence-electron chi connectivity index (χ0n) is 13.2. The minimum Gasteiger partial charge on any atom is -0.387 e. The van der Waals surface area contributed by atoms with Gasteiger partial charge in [0.2, 0.25) is 0 Å². The van der Waals surface area contributed by atoms with Gasteiger partial charge < -0.3 is 15.7 Å². The third-order valence-electron chi connectivity index (χ3n) is 3.37. The molecule has 0 radical (unpaired) electrons. The molecule has 0 saturated heterocycles. The predicted molar refractivity (Wildman–Crippen MR) is 86.5 cm³/mol. The van der Waals surface area contributed by atoms with Gasteiger partial charge in [-0.2, -0.15) is 13.2 Å². The Hall–Kier alpha value is -3.14. The number of nitro groups is 1. The van der Waals surface area contributed by atoms with Gasteiger partial charge in [0.1, 0.15) is 0 Å². The number of aliphatic hydroxyl groups excluding tert-OH is 1. The van der Waals surface area contributed by atoms with Crippen LogP contribution >= 0.6 is 0 Å². The summed E-state index contributed by atoms with van der Waals surface area (Å²) in [6.45, 7) is -0.345. The van der Waals surface area contributed by atoms with Crippen molar-refractivity contribution in [1.29, 1.82) is 0 Å². The molecule has 0 bridgehead atoms. The number of nitrogens with one attached hydrogen (secondary N) is 2. The lowest BCUT2D eigenvalue weighted by atomic mass is 10.1. The number of nitrogens with zero attached hydrogens (tertiary/aromatic N) is 1. The Labute approximate surface area is 145 Å². The summed E-state index contributed by atoms with van der Waals surface area (Å²) in [4.78, 5) is 21.8. The summed E-state index contributed by atoms with van der Waals surface area (Å²) in [7, 11) is 0. The van der Waals surface area contributed by atoms with Gasteiger partial charge in [-0.05, 0) is 23.8 Å². The number of benzene rings is 2. The van der Waals surface area contributed by atoms with Crippen molar-refractivity contribution >= 4 is 17.4 Å². The van der Waals surface area contributed by atoms with Gasteiger partial charge in [-0.15, -0.1) is 0 Å². The molecule has 2 amide bonds. The molecule has 0 aliphatic carbocycles.